The predicted octanol–water partition coefficient (Wildman–Crippen LogP) is 1.94. The summed E-state index contributed by atoms with van der Waals surface area (Å²) in [5.74, 6) is 0.794. The van der Waals surface area contributed by atoms with Crippen molar-refractivity contribution in [3.8, 4) is 5.75 Å². The van der Waals surface area contributed by atoms with Crippen molar-refractivity contribution in [2.24, 2.45) is 0 Å². The molecule has 1 aliphatic heterocycles. The van der Waals surface area contributed by atoms with Gasteiger partial charge in [-0.3, -0.25) is 0 Å². The first-order valence-corrected chi connectivity index (χ1v) is 6.40. The van der Waals surface area contributed by atoms with Crippen LogP contribution in [0.25, 0.3) is 0 Å². The van der Waals surface area contributed by atoms with Crippen molar-refractivity contribution >= 4 is 5.69 Å². The maximum absolute atomic E-state index is 5.97. The van der Waals surface area contributed by atoms with Crippen molar-refractivity contribution in [2.75, 3.05) is 26.0 Å². The van der Waals surface area contributed by atoms with Crippen LogP contribution < -0.4 is 15.8 Å². The summed E-state index contributed by atoms with van der Waals surface area (Å²) >= 11 is 0. The minimum atomic E-state index is -0.0127. The van der Waals surface area contributed by atoms with Gasteiger partial charge in [0.15, 0.2) is 0 Å². The number of rotatable bonds is 5. The number of nitrogen functional groups attached to an aromatic ring is 1. The van der Waals surface area contributed by atoms with E-state index >= 15 is 0 Å². The van der Waals surface area contributed by atoms with E-state index in [1.54, 1.807) is 7.11 Å². The van der Waals surface area contributed by atoms with Crippen molar-refractivity contribution in [2.45, 2.75) is 31.9 Å². The van der Waals surface area contributed by atoms with Crippen molar-refractivity contribution in [1.29, 1.82) is 0 Å². The van der Waals surface area contributed by atoms with Gasteiger partial charge in [-0.05, 0) is 31.4 Å². The van der Waals surface area contributed by atoms with Crippen molar-refractivity contribution in [3.63, 3.8) is 0 Å². The molecule has 0 spiro atoms. The van der Waals surface area contributed by atoms with Crippen LogP contribution in [-0.2, 0) is 11.3 Å². The molecule has 1 unspecified atom stereocenters. The van der Waals surface area contributed by atoms with Gasteiger partial charge in [-0.1, -0.05) is 6.07 Å². The van der Waals surface area contributed by atoms with E-state index in [1.807, 2.05) is 18.2 Å². The Morgan fingerprint density at radius 2 is 2.33 bits per heavy atom. The SMILES string of the molecule is COc1ccc(CNCC2(C)CCCO2)c(N)c1. The predicted molar refractivity (Wildman–Crippen MR) is 72.7 cm³/mol. The Morgan fingerprint density at radius 1 is 1.50 bits per heavy atom. The lowest BCUT2D eigenvalue weighted by Gasteiger charge is -2.23. The van der Waals surface area contributed by atoms with Gasteiger partial charge in [0.05, 0.1) is 12.7 Å². The lowest BCUT2D eigenvalue weighted by molar-refractivity contribution is 0.0207. The molecule has 1 aromatic rings. The van der Waals surface area contributed by atoms with Gasteiger partial charge >= 0.3 is 0 Å². The minimum absolute atomic E-state index is 0.0127. The van der Waals surface area contributed by atoms with Crippen molar-refractivity contribution in [3.05, 3.63) is 23.8 Å². The van der Waals surface area contributed by atoms with Crippen molar-refractivity contribution < 1.29 is 9.47 Å². The molecule has 4 heteroatoms. The molecule has 1 aliphatic rings. The molecule has 18 heavy (non-hydrogen) atoms. The molecule has 3 N–H and O–H groups in total. The Labute approximate surface area is 108 Å². The highest BCUT2D eigenvalue weighted by Gasteiger charge is 2.28. The molecule has 1 heterocycles. The molecular weight excluding hydrogens is 228 g/mol. The molecule has 0 radical (unpaired) electrons. The van der Waals surface area contributed by atoms with E-state index in [9.17, 15) is 0 Å². The molecule has 1 aromatic carbocycles. The van der Waals surface area contributed by atoms with Gasteiger partial charge in [0.2, 0.25) is 0 Å². The van der Waals surface area contributed by atoms with Crippen LogP contribution in [-0.4, -0.2) is 25.9 Å². The number of ether oxygens (including phenoxy) is 2. The first kappa shape index (κ1) is 13.2. The summed E-state index contributed by atoms with van der Waals surface area (Å²) in [7, 11) is 1.64. The number of methoxy groups -OCH3 is 1. The van der Waals surface area contributed by atoms with E-state index < -0.39 is 0 Å². The van der Waals surface area contributed by atoms with Crippen LogP contribution in [0.4, 0.5) is 5.69 Å². The average Bonchev–Trinajstić information content (AvgIpc) is 2.78. The molecule has 0 aromatic heterocycles. The number of nitrogens with two attached hydrogens (primary N) is 1. The average molecular weight is 250 g/mol. The fourth-order valence-corrected chi connectivity index (χ4v) is 2.30. The monoisotopic (exact) mass is 250 g/mol. The number of anilines is 1. The topological polar surface area (TPSA) is 56.5 Å². The zero-order valence-corrected chi connectivity index (χ0v) is 11.2. The number of hydrogen-bond acceptors (Lipinski definition) is 4. The van der Waals surface area contributed by atoms with Gasteiger partial charge in [0, 0.05) is 31.5 Å². The third-order valence-corrected chi connectivity index (χ3v) is 3.47. The summed E-state index contributed by atoms with van der Waals surface area (Å²) in [4.78, 5) is 0. The summed E-state index contributed by atoms with van der Waals surface area (Å²) in [5.41, 5.74) is 7.82. The van der Waals surface area contributed by atoms with Crippen molar-refractivity contribution in [1.82, 2.24) is 5.32 Å². The molecule has 1 fully saturated rings. The molecular formula is C14H22N2O2. The Hall–Kier alpha value is -1.26. The normalized spacial score (nSPS) is 23.2. The van der Waals surface area contributed by atoms with E-state index in [0.29, 0.717) is 0 Å². The molecule has 0 bridgehead atoms. The number of benzene rings is 1. The molecule has 4 nitrogen and oxygen atoms in total. The van der Waals surface area contributed by atoms with Gasteiger partial charge in [-0.2, -0.15) is 0 Å². The third kappa shape index (κ3) is 3.15. The summed E-state index contributed by atoms with van der Waals surface area (Å²) in [6.07, 6.45) is 2.28. The standard InChI is InChI=1S/C14H22N2O2/c1-14(6-3-7-18-14)10-16-9-11-4-5-12(17-2)8-13(11)15/h4-5,8,16H,3,6-7,9-10,15H2,1-2H3. The zero-order valence-electron chi connectivity index (χ0n) is 11.2. The first-order valence-electron chi connectivity index (χ1n) is 6.40. The Kier molecular flexibility index (Phi) is 4.09. The third-order valence-electron chi connectivity index (χ3n) is 3.47. The molecule has 1 atom stereocenters. The first-order chi connectivity index (χ1) is 8.63. The molecule has 100 valence electrons. The molecule has 0 saturated carbocycles. The molecule has 2 rings (SSSR count). The Morgan fingerprint density at radius 3 is 2.94 bits per heavy atom. The lowest BCUT2D eigenvalue weighted by atomic mass is 10.0. The second-order valence-corrected chi connectivity index (χ2v) is 5.07. The maximum Gasteiger partial charge on any atom is 0.120 e. The van der Waals surface area contributed by atoms with Gasteiger partial charge in [0.25, 0.3) is 0 Å². The zero-order chi connectivity index (χ0) is 13.0. The lowest BCUT2D eigenvalue weighted by Crippen LogP contribution is -2.36. The summed E-state index contributed by atoms with van der Waals surface area (Å²) in [6, 6.07) is 5.78. The summed E-state index contributed by atoms with van der Waals surface area (Å²) < 4.78 is 10.9. The van der Waals surface area contributed by atoms with Gasteiger partial charge in [0.1, 0.15) is 5.75 Å². The van der Waals surface area contributed by atoms with Crippen LogP contribution in [0.15, 0.2) is 18.2 Å². The maximum atomic E-state index is 5.97. The molecule has 0 aliphatic carbocycles. The van der Waals surface area contributed by atoms with Gasteiger partial charge < -0.3 is 20.5 Å². The summed E-state index contributed by atoms with van der Waals surface area (Å²) in [5, 5.41) is 3.42. The van der Waals surface area contributed by atoms with E-state index in [2.05, 4.69) is 12.2 Å². The Bertz CT molecular complexity index is 401. The fraction of sp³-hybridized carbons (Fsp3) is 0.571. The fourth-order valence-electron chi connectivity index (χ4n) is 2.30. The summed E-state index contributed by atoms with van der Waals surface area (Å²) in [6.45, 7) is 4.65. The quantitative estimate of drug-likeness (QED) is 0.784. The van der Waals surface area contributed by atoms with E-state index in [0.717, 1.165) is 49.5 Å². The minimum Gasteiger partial charge on any atom is -0.497 e. The number of nitrogens with one attached hydrogen (secondary N) is 1. The van der Waals surface area contributed by atoms with Crippen LogP contribution in [0, 0.1) is 0 Å². The second-order valence-electron chi connectivity index (χ2n) is 5.07. The van der Waals surface area contributed by atoms with Crippen LogP contribution in [0.3, 0.4) is 0 Å². The highest BCUT2D eigenvalue weighted by Crippen LogP contribution is 2.24. The van der Waals surface area contributed by atoms with Crippen LogP contribution >= 0.6 is 0 Å². The van der Waals surface area contributed by atoms with Gasteiger partial charge in [-0.15, -0.1) is 0 Å². The highest BCUT2D eigenvalue weighted by molar-refractivity contribution is 5.51. The number of hydrogen-bond donors (Lipinski definition) is 2. The molecule has 0 amide bonds. The van der Waals surface area contributed by atoms with Gasteiger partial charge in [-0.25, -0.2) is 0 Å². The van der Waals surface area contributed by atoms with Crippen LogP contribution in [0.1, 0.15) is 25.3 Å². The molecule has 1 saturated heterocycles. The smallest absolute Gasteiger partial charge is 0.120 e. The van der Waals surface area contributed by atoms with Crippen LogP contribution in [0.2, 0.25) is 0 Å². The largest absolute Gasteiger partial charge is 0.497 e. The van der Waals surface area contributed by atoms with Crippen LogP contribution in [0.5, 0.6) is 5.75 Å². The highest BCUT2D eigenvalue weighted by atomic mass is 16.5. The van der Waals surface area contributed by atoms with E-state index in [1.165, 1.54) is 0 Å². The van der Waals surface area contributed by atoms with E-state index in [4.69, 9.17) is 15.2 Å². The Balaban J connectivity index is 1.86. The van der Waals surface area contributed by atoms with E-state index in [-0.39, 0.29) is 5.60 Å². The second kappa shape index (κ2) is 5.59.